The minimum atomic E-state index is -3.72. The highest BCUT2D eigenvalue weighted by molar-refractivity contribution is 7.89. The first-order valence-electron chi connectivity index (χ1n) is 16.6. The number of hydrogen-bond donors (Lipinski definition) is 2. The molecule has 8 rings (SSSR count). The number of sulfonamides is 1. The predicted octanol–water partition coefficient (Wildman–Crippen LogP) is 4.55. The second kappa shape index (κ2) is 10.7. The molecule has 2 aliphatic carbocycles. The molecule has 4 atom stereocenters. The van der Waals surface area contributed by atoms with Crippen LogP contribution in [0.4, 0.5) is 0 Å². The van der Waals surface area contributed by atoms with E-state index in [0.717, 1.165) is 85.9 Å². The van der Waals surface area contributed by atoms with E-state index >= 15 is 0 Å². The minimum Gasteiger partial charge on any atom is -0.497 e. The molecular formula is C35H42N4O5S. The number of Topliss-reactive ketones (excluding diaryl/α,β-unsaturated/α-hetero) is 1. The summed E-state index contributed by atoms with van der Waals surface area (Å²) in [5.41, 5.74) is 5.39. The maximum absolute atomic E-state index is 14.9. The lowest BCUT2D eigenvalue weighted by Gasteiger charge is -2.38. The van der Waals surface area contributed by atoms with E-state index in [-0.39, 0.29) is 18.0 Å². The molecule has 10 heteroatoms. The fourth-order valence-corrected chi connectivity index (χ4v) is 9.73. The number of carbonyl (C=O) groups excluding carboxylic acids is 2. The summed E-state index contributed by atoms with van der Waals surface area (Å²) in [6.45, 7) is 3.40. The van der Waals surface area contributed by atoms with E-state index in [9.17, 15) is 18.0 Å². The Kier molecular flexibility index (Phi) is 6.93. The number of hydrogen-bond acceptors (Lipinski definition) is 7. The zero-order valence-corrected chi connectivity index (χ0v) is 26.9. The highest BCUT2D eigenvalue weighted by Gasteiger charge is 2.64. The molecule has 9 nitrogen and oxygen atoms in total. The predicted molar refractivity (Wildman–Crippen MR) is 173 cm³/mol. The summed E-state index contributed by atoms with van der Waals surface area (Å²) in [7, 11) is -2.03. The highest BCUT2D eigenvalue weighted by atomic mass is 32.2. The zero-order chi connectivity index (χ0) is 31.1. The lowest BCUT2D eigenvalue weighted by molar-refractivity contribution is -0.129. The lowest BCUT2D eigenvalue weighted by atomic mass is 9.81. The van der Waals surface area contributed by atoms with Crippen LogP contribution in [0.15, 0.2) is 36.4 Å². The molecule has 238 valence electrons. The number of piperazine rings is 1. The molecule has 2 saturated heterocycles. The Hall–Kier alpha value is -3.21. The molecule has 0 radical (unpaired) electrons. The third-order valence-corrected chi connectivity index (χ3v) is 12.0. The average molecular weight is 631 g/mol. The molecule has 0 bridgehead atoms. The van der Waals surface area contributed by atoms with Gasteiger partial charge in [0.1, 0.15) is 5.75 Å². The smallest absolute Gasteiger partial charge is 0.264 e. The fraction of sp³-hybridized carbons (Fsp3) is 0.543. The zero-order valence-electron chi connectivity index (χ0n) is 26.1. The van der Waals surface area contributed by atoms with Crippen LogP contribution in [-0.2, 0) is 21.4 Å². The number of ketones is 1. The third-order valence-electron chi connectivity index (χ3n) is 11.4. The van der Waals surface area contributed by atoms with Gasteiger partial charge in [0.05, 0.1) is 30.5 Å². The number of methoxy groups -OCH3 is 1. The third kappa shape index (κ3) is 4.74. The largest absolute Gasteiger partial charge is 0.497 e. The van der Waals surface area contributed by atoms with Gasteiger partial charge in [0.2, 0.25) is 10.0 Å². The van der Waals surface area contributed by atoms with Gasteiger partial charge < -0.3 is 14.6 Å². The molecule has 0 spiro atoms. The standard InChI is InChI=1S/C35H42N4O5S/c1-44-23-11-13-24-26(18-23)27-19-35(27,33(40)31-28-9-6-15-38(28)16-14-36-31)20-39-29-17-22(34(41)37-45(2,42)43)10-12-25(29)30(32(24)39)21-7-4-3-5-8-21/h10-13,17-18,21,27-28,31,36H,3-9,14-16,19-20H2,1-2H3,(H,37,41). The van der Waals surface area contributed by atoms with Gasteiger partial charge >= 0.3 is 0 Å². The summed E-state index contributed by atoms with van der Waals surface area (Å²) < 4.78 is 34.1. The first kappa shape index (κ1) is 29.2. The van der Waals surface area contributed by atoms with Crippen molar-refractivity contribution in [1.82, 2.24) is 19.5 Å². The Morgan fingerprint density at radius 2 is 1.84 bits per heavy atom. The van der Waals surface area contributed by atoms with E-state index < -0.39 is 21.3 Å². The van der Waals surface area contributed by atoms with Crippen LogP contribution in [0.5, 0.6) is 5.75 Å². The molecule has 4 fully saturated rings. The normalized spacial score (nSPS) is 28.0. The van der Waals surface area contributed by atoms with Crippen LogP contribution in [-0.4, -0.2) is 74.7 Å². The van der Waals surface area contributed by atoms with Crippen LogP contribution in [0.3, 0.4) is 0 Å². The summed E-state index contributed by atoms with van der Waals surface area (Å²) in [5.74, 6) is 0.910. The van der Waals surface area contributed by atoms with Crippen molar-refractivity contribution in [2.75, 3.05) is 33.0 Å². The fourth-order valence-electron chi connectivity index (χ4n) is 9.28. The van der Waals surface area contributed by atoms with Gasteiger partial charge in [-0.05, 0) is 86.0 Å². The molecule has 2 saturated carbocycles. The Morgan fingerprint density at radius 1 is 1.02 bits per heavy atom. The van der Waals surface area contributed by atoms with Gasteiger partial charge in [-0.25, -0.2) is 13.1 Å². The van der Waals surface area contributed by atoms with Gasteiger partial charge in [-0.1, -0.05) is 25.3 Å². The Labute approximate surface area is 264 Å². The van der Waals surface area contributed by atoms with Gasteiger partial charge in [0.15, 0.2) is 5.78 Å². The van der Waals surface area contributed by atoms with E-state index in [0.29, 0.717) is 23.8 Å². The summed E-state index contributed by atoms with van der Waals surface area (Å²) in [6.07, 6.45) is 9.74. The van der Waals surface area contributed by atoms with Crippen molar-refractivity contribution in [2.24, 2.45) is 5.41 Å². The number of fused-ring (bicyclic) bond motifs is 8. The molecule has 45 heavy (non-hydrogen) atoms. The van der Waals surface area contributed by atoms with Crippen molar-refractivity contribution in [3.8, 4) is 17.0 Å². The Bertz CT molecular complexity index is 1830. The van der Waals surface area contributed by atoms with Crippen LogP contribution >= 0.6 is 0 Å². The maximum atomic E-state index is 14.9. The number of rotatable bonds is 6. The molecule has 4 heterocycles. The van der Waals surface area contributed by atoms with Crippen molar-refractivity contribution in [3.63, 3.8) is 0 Å². The molecule has 2 N–H and O–H groups in total. The van der Waals surface area contributed by atoms with E-state index in [4.69, 9.17) is 4.74 Å². The number of carbonyl (C=O) groups is 2. The van der Waals surface area contributed by atoms with Gasteiger partial charge in [-0.15, -0.1) is 0 Å². The Balaban J connectivity index is 1.34. The van der Waals surface area contributed by atoms with E-state index in [1.165, 1.54) is 30.4 Å². The highest BCUT2D eigenvalue weighted by Crippen LogP contribution is 2.66. The SMILES string of the molecule is COc1ccc2c(c1)C1CC1(C(=O)C1NCCN3CCCC13)Cn1c-2c(C2CCCCC2)c2ccc(C(=O)NS(C)(=O)=O)cc21. The molecule has 3 aromatic rings. The molecule has 2 aromatic carbocycles. The number of ether oxygens (including phenoxy) is 1. The number of nitrogens with one attached hydrogen (secondary N) is 2. The summed E-state index contributed by atoms with van der Waals surface area (Å²) in [4.78, 5) is 30.5. The maximum Gasteiger partial charge on any atom is 0.264 e. The first-order valence-corrected chi connectivity index (χ1v) is 18.5. The number of benzene rings is 2. The van der Waals surface area contributed by atoms with E-state index in [2.05, 4.69) is 31.6 Å². The summed E-state index contributed by atoms with van der Waals surface area (Å²) in [6, 6.07) is 12.0. The molecule has 1 amide bonds. The topological polar surface area (TPSA) is 110 Å². The molecular weight excluding hydrogens is 588 g/mol. The summed E-state index contributed by atoms with van der Waals surface area (Å²) >= 11 is 0. The Morgan fingerprint density at radius 3 is 2.62 bits per heavy atom. The number of nitrogens with zero attached hydrogens (tertiary/aromatic N) is 2. The van der Waals surface area contributed by atoms with Crippen LogP contribution in [0.1, 0.15) is 84.7 Å². The van der Waals surface area contributed by atoms with Crippen LogP contribution in [0, 0.1) is 5.41 Å². The molecule has 1 aromatic heterocycles. The van der Waals surface area contributed by atoms with Crippen molar-refractivity contribution < 1.29 is 22.7 Å². The quantitative estimate of drug-likeness (QED) is 0.412. The van der Waals surface area contributed by atoms with Gasteiger partial charge in [-0.2, -0.15) is 0 Å². The van der Waals surface area contributed by atoms with E-state index in [1.807, 2.05) is 18.2 Å². The van der Waals surface area contributed by atoms with Crippen molar-refractivity contribution in [1.29, 1.82) is 0 Å². The molecule has 3 aliphatic heterocycles. The summed E-state index contributed by atoms with van der Waals surface area (Å²) in [5, 5.41) is 4.73. The first-order chi connectivity index (χ1) is 21.7. The van der Waals surface area contributed by atoms with Gasteiger partial charge in [0.25, 0.3) is 5.91 Å². The number of amides is 1. The minimum absolute atomic E-state index is 0.0829. The second-order valence-corrected chi connectivity index (χ2v) is 15.8. The second-order valence-electron chi connectivity index (χ2n) is 14.0. The molecule has 5 aliphatic rings. The van der Waals surface area contributed by atoms with Crippen LogP contribution < -0.4 is 14.8 Å². The van der Waals surface area contributed by atoms with Crippen LogP contribution in [0.25, 0.3) is 22.2 Å². The van der Waals surface area contributed by atoms with Crippen molar-refractivity contribution >= 4 is 32.6 Å². The van der Waals surface area contributed by atoms with Gasteiger partial charge in [-0.3, -0.25) is 14.5 Å². The van der Waals surface area contributed by atoms with Crippen LogP contribution in [0.2, 0.25) is 0 Å². The molecule has 4 unspecified atom stereocenters. The lowest BCUT2D eigenvalue weighted by Crippen LogP contribution is -2.60. The van der Waals surface area contributed by atoms with E-state index in [1.54, 1.807) is 13.2 Å². The van der Waals surface area contributed by atoms with Crippen molar-refractivity contribution in [2.45, 2.75) is 81.8 Å². The average Bonchev–Trinajstić information content (AvgIpc) is 3.43. The van der Waals surface area contributed by atoms with Gasteiger partial charge in [0, 0.05) is 53.6 Å². The monoisotopic (exact) mass is 630 g/mol. The van der Waals surface area contributed by atoms with Crippen molar-refractivity contribution in [3.05, 3.63) is 53.1 Å². The number of aromatic nitrogens is 1.